The maximum Gasteiger partial charge on any atom is 0.0591 e. The summed E-state index contributed by atoms with van der Waals surface area (Å²) in [7, 11) is 0. The fourth-order valence-corrected chi connectivity index (χ4v) is 1.68. The van der Waals surface area contributed by atoms with Crippen molar-refractivity contribution < 1.29 is 10.2 Å². The van der Waals surface area contributed by atoms with Crippen LogP contribution in [-0.2, 0) is 0 Å². The number of aliphatic hydroxyl groups is 2. The van der Waals surface area contributed by atoms with Gasteiger partial charge in [0.15, 0.2) is 0 Å². The van der Waals surface area contributed by atoms with Gasteiger partial charge in [0.2, 0.25) is 0 Å². The van der Waals surface area contributed by atoms with E-state index in [-0.39, 0.29) is 6.10 Å². The predicted molar refractivity (Wildman–Crippen MR) is 60.2 cm³/mol. The Kier molecular flexibility index (Phi) is 6.38. The van der Waals surface area contributed by atoms with E-state index in [9.17, 15) is 10.2 Å². The molecule has 0 aromatic rings. The van der Waals surface area contributed by atoms with Gasteiger partial charge in [-0.2, -0.15) is 0 Å². The Morgan fingerprint density at radius 1 is 1.21 bits per heavy atom. The van der Waals surface area contributed by atoms with Crippen LogP contribution in [0.15, 0.2) is 0 Å². The van der Waals surface area contributed by atoms with Crippen molar-refractivity contribution in [2.24, 2.45) is 5.92 Å². The molecule has 2 N–H and O–H groups in total. The van der Waals surface area contributed by atoms with Crippen LogP contribution in [0.5, 0.6) is 0 Å². The first-order valence-corrected chi connectivity index (χ1v) is 5.77. The zero-order chi connectivity index (χ0) is 11.2. The van der Waals surface area contributed by atoms with Crippen molar-refractivity contribution in [2.45, 2.75) is 71.5 Å². The minimum absolute atomic E-state index is 0.197. The van der Waals surface area contributed by atoms with Gasteiger partial charge in [0.1, 0.15) is 0 Å². The molecule has 2 nitrogen and oxygen atoms in total. The second-order valence-corrected chi connectivity index (χ2v) is 5.04. The van der Waals surface area contributed by atoms with Crippen molar-refractivity contribution >= 4 is 0 Å². The first-order valence-electron chi connectivity index (χ1n) is 5.77. The largest absolute Gasteiger partial charge is 0.393 e. The second-order valence-electron chi connectivity index (χ2n) is 5.04. The maximum absolute atomic E-state index is 9.76. The van der Waals surface area contributed by atoms with Crippen LogP contribution in [0.4, 0.5) is 0 Å². The summed E-state index contributed by atoms with van der Waals surface area (Å²) in [5, 5.41) is 19.3. The van der Waals surface area contributed by atoms with Gasteiger partial charge in [-0.1, -0.05) is 20.3 Å². The number of rotatable bonds is 7. The molecule has 0 fully saturated rings. The van der Waals surface area contributed by atoms with Crippen LogP contribution in [0.1, 0.15) is 59.8 Å². The van der Waals surface area contributed by atoms with Crippen LogP contribution < -0.4 is 0 Å². The quantitative estimate of drug-likeness (QED) is 0.666. The first kappa shape index (κ1) is 13.9. The topological polar surface area (TPSA) is 40.5 Å². The SMILES string of the molecule is CCCC(C)C(O)CCCC(C)(C)O. The molecule has 0 rings (SSSR count). The number of hydrogen-bond acceptors (Lipinski definition) is 2. The molecule has 0 aliphatic heterocycles. The fraction of sp³-hybridized carbons (Fsp3) is 1.00. The van der Waals surface area contributed by atoms with E-state index in [0.29, 0.717) is 5.92 Å². The Labute approximate surface area is 88.3 Å². The molecule has 0 heterocycles. The van der Waals surface area contributed by atoms with Gasteiger partial charge in [0, 0.05) is 0 Å². The summed E-state index contributed by atoms with van der Waals surface area (Å²) in [6.45, 7) is 7.86. The molecule has 0 amide bonds. The average Bonchev–Trinajstić information content (AvgIpc) is 2.02. The Bertz CT molecular complexity index is 138. The van der Waals surface area contributed by atoms with Gasteiger partial charge >= 0.3 is 0 Å². The van der Waals surface area contributed by atoms with Crippen molar-refractivity contribution in [3.8, 4) is 0 Å². The van der Waals surface area contributed by atoms with Crippen molar-refractivity contribution in [2.75, 3.05) is 0 Å². The molecule has 0 saturated heterocycles. The standard InChI is InChI=1S/C12H26O2/c1-5-7-10(2)11(13)8-6-9-12(3,4)14/h10-11,13-14H,5-9H2,1-4H3. The van der Waals surface area contributed by atoms with Crippen LogP contribution in [0.25, 0.3) is 0 Å². The molecule has 0 aliphatic carbocycles. The smallest absolute Gasteiger partial charge is 0.0591 e. The molecule has 0 spiro atoms. The van der Waals surface area contributed by atoms with Crippen LogP contribution in [0.2, 0.25) is 0 Å². The molecule has 0 saturated carbocycles. The lowest BCUT2D eigenvalue weighted by Crippen LogP contribution is -2.21. The lowest BCUT2D eigenvalue weighted by molar-refractivity contribution is 0.0542. The minimum atomic E-state index is -0.590. The fourth-order valence-electron chi connectivity index (χ4n) is 1.68. The monoisotopic (exact) mass is 202 g/mol. The van der Waals surface area contributed by atoms with Gasteiger partial charge < -0.3 is 10.2 Å². The second kappa shape index (κ2) is 6.41. The Morgan fingerprint density at radius 2 is 1.79 bits per heavy atom. The van der Waals surface area contributed by atoms with E-state index >= 15 is 0 Å². The molecule has 0 bridgehead atoms. The van der Waals surface area contributed by atoms with Crippen LogP contribution in [-0.4, -0.2) is 21.9 Å². The highest BCUT2D eigenvalue weighted by Gasteiger charge is 2.16. The Morgan fingerprint density at radius 3 is 2.21 bits per heavy atom. The van der Waals surface area contributed by atoms with E-state index < -0.39 is 5.60 Å². The van der Waals surface area contributed by atoms with Gasteiger partial charge in [-0.3, -0.25) is 0 Å². The Hall–Kier alpha value is -0.0800. The predicted octanol–water partition coefficient (Wildman–Crippen LogP) is 2.72. The van der Waals surface area contributed by atoms with Gasteiger partial charge in [-0.05, 0) is 45.4 Å². The lowest BCUT2D eigenvalue weighted by atomic mass is 9.93. The summed E-state index contributed by atoms with van der Waals surface area (Å²) in [6.07, 6.45) is 4.50. The summed E-state index contributed by atoms with van der Waals surface area (Å²) >= 11 is 0. The highest BCUT2D eigenvalue weighted by atomic mass is 16.3. The molecular weight excluding hydrogens is 176 g/mol. The third-order valence-electron chi connectivity index (χ3n) is 2.69. The summed E-state index contributed by atoms with van der Waals surface area (Å²) in [5.41, 5.74) is -0.590. The Balaban J connectivity index is 3.58. The van der Waals surface area contributed by atoms with Crippen LogP contribution in [0.3, 0.4) is 0 Å². The summed E-state index contributed by atoms with van der Waals surface area (Å²) < 4.78 is 0. The minimum Gasteiger partial charge on any atom is -0.393 e. The van der Waals surface area contributed by atoms with Crippen LogP contribution in [0, 0.1) is 5.92 Å². The first-order chi connectivity index (χ1) is 6.37. The van der Waals surface area contributed by atoms with Crippen molar-refractivity contribution in [3.63, 3.8) is 0 Å². The molecule has 0 radical (unpaired) electrons. The van der Waals surface area contributed by atoms with Gasteiger partial charge in [-0.25, -0.2) is 0 Å². The van der Waals surface area contributed by atoms with Crippen molar-refractivity contribution in [1.29, 1.82) is 0 Å². The molecule has 86 valence electrons. The summed E-state index contributed by atoms with van der Waals surface area (Å²) in [4.78, 5) is 0. The van der Waals surface area contributed by atoms with Crippen molar-refractivity contribution in [3.05, 3.63) is 0 Å². The normalized spacial score (nSPS) is 16.7. The highest BCUT2D eigenvalue weighted by molar-refractivity contribution is 4.69. The van der Waals surface area contributed by atoms with Crippen LogP contribution >= 0.6 is 0 Å². The van der Waals surface area contributed by atoms with E-state index in [1.54, 1.807) is 0 Å². The summed E-state index contributed by atoms with van der Waals surface area (Å²) in [5.74, 6) is 0.391. The zero-order valence-electron chi connectivity index (χ0n) is 10.1. The number of aliphatic hydroxyl groups excluding tert-OH is 1. The lowest BCUT2D eigenvalue weighted by Gasteiger charge is -2.21. The van der Waals surface area contributed by atoms with Crippen molar-refractivity contribution in [1.82, 2.24) is 0 Å². The maximum atomic E-state index is 9.76. The molecule has 2 unspecified atom stereocenters. The van der Waals surface area contributed by atoms with Gasteiger partial charge in [0.05, 0.1) is 11.7 Å². The highest BCUT2D eigenvalue weighted by Crippen LogP contribution is 2.18. The van der Waals surface area contributed by atoms with E-state index in [2.05, 4.69) is 13.8 Å². The molecule has 0 aliphatic rings. The molecule has 0 aromatic heterocycles. The molecular formula is C12H26O2. The molecule has 2 atom stereocenters. The molecule has 0 aromatic carbocycles. The van der Waals surface area contributed by atoms with E-state index in [1.165, 1.54) is 0 Å². The molecule has 14 heavy (non-hydrogen) atoms. The number of hydrogen-bond donors (Lipinski definition) is 2. The summed E-state index contributed by atoms with van der Waals surface area (Å²) in [6, 6.07) is 0. The average molecular weight is 202 g/mol. The zero-order valence-corrected chi connectivity index (χ0v) is 10.1. The van der Waals surface area contributed by atoms with E-state index in [0.717, 1.165) is 32.1 Å². The third kappa shape index (κ3) is 7.34. The van der Waals surface area contributed by atoms with Gasteiger partial charge in [0.25, 0.3) is 0 Å². The van der Waals surface area contributed by atoms with E-state index in [1.807, 2.05) is 13.8 Å². The van der Waals surface area contributed by atoms with E-state index in [4.69, 9.17) is 0 Å². The molecule has 2 heteroatoms. The third-order valence-corrected chi connectivity index (χ3v) is 2.69. The van der Waals surface area contributed by atoms with Gasteiger partial charge in [-0.15, -0.1) is 0 Å².